The lowest BCUT2D eigenvalue weighted by molar-refractivity contribution is -0.152. The topological polar surface area (TPSA) is 64.6 Å². The lowest BCUT2D eigenvalue weighted by Gasteiger charge is -2.23. The second kappa shape index (κ2) is 11.5. The van der Waals surface area contributed by atoms with Gasteiger partial charge >= 0.3 is 5.97 Å². The molecule has 0 bridgehead atoms. The van der Waals surface area contributed by atoms with Crippen LogP contribution in [-0.2, 0) is 20.7 Å². The van der Waals surface area contributed by atoms with Gasteiger partial charge in [0, 0.05) is 29.7 Å². The van der Waals surface area contributed by atoms with E-state index in [-0.39, 0.29) is 11.8 Å². The second-order valence-electron chi connectivity index (χ2n) is 6.56. The van der Waals surface area contributed by atoms with Crippen molar-refractivity contribution in [1.29, 1.82) is 0 Å². The molecule has 7 heteroatoms. The monoisotopic (exact) mass is 433 g/mol. The molecule has 2 rings (SSSR count). The number of amides is 1. The summed E-state index contributed by atoms with van der Waals surface area (Å²) in [5, 5.41) is 3.35. The molecule has 0 saturated heterocycles. The van der Waals surface area contributed by atoms with Crippen molar-refractivity contribution in [2.24, 2.45) is 5.92 Å². The molecule has 1 amide bonds. The van der Waals surface area contributed by atoms with E-state index in [0.717, 1.165) is 23.5 Å². The van der Waals surface area contributed by atoms with Crippen LogP contribution in [0.2, 0.25) is 5.02 Å². The van der Waals surface area contributed by atoms with E-state index in [1.165, 1.54) is 18.7 Å². The normalized spacial score (nSPS) is 12.3. The van der Waals surface area contributed by atoms with Crippen LogP contribution >= 0.6 is 22.9 Å². The number of rotatable bonds is 8. The molecule has 1 N–H and O–H groups in total. The van der Waals surface area contributed by atoms with Crippen molar-refractivity contribution in [3.05, 3.63) is 51.2 Å². The van der Waals surface area contributed by atoms with Gasteiger partial charge in [0.25, 0.3) is 0 Å². The van der Waals surface area contributed by atoms with Crippen molar-refractivity contribution >= 4 is 34.8 Å². The molecule has 0 spiro atoms. The average molecular weight is 434 g/mol. The summed E-state index contributed by atoms with van der Waals surface area (Å²) in [4.78, 5) is 24.7. The van der Waals surface area contributed by atoms with Gasteiger partial charge in [-0.05, 0) is 49.2 Å². The molecule has 0 aliphatic carbocycles. The predicted molar refractivity (Wildman–Crippen MR) is 115 cm³/mol. The number of esters is 1. The molecular formula is C22H24ClNO4S. The van der Waals surface area contributed by atoms with E-state index in [1.807, 2.05) is 19.1 Å². The minimum Gasteiger partial charge on any atom is -0.481 e. The van der Waals surface area contributed by atoms with Crippen LogP contribution in [-0.4, -0.2) is 24.7 Å². The van der Waals surface area contributed by atoms with Crippen LogP contribution in [0.5, 0.6) is 5.75 Å². The Kier molecular flexibility index (Phi) is 9.04. The maximum absolute atomic E-state index is 11.3. The number of aryl methyl sites for hydroxylation is 1. The van der Waals surface area contributed by atoms with Gasteiger partial charge in [-0.2, -0.15) is 0 Å². The minimum absolute atomic E-state index is 0.00721. The fourth-order valence-corrected chi connectivity index (χ4v) is 3.56. The highest BCUT2D eigenvalue weighted by atomic mass is 35.5. The molecule has 154 valence electrons. The summed E-state index contributed by atoms with van der Waals surface area (Å²) in [5.41, 5.74) is 0. The third-order valence-corrected chi connectivity index (χ3v) is 5.31. The van der Waals surface area contributed by atoms with Gasteiger partial charge in [-0.25, -0.2) is 0 Å². The highest BCUT2D eigenvalue weighted by Crippen LogP contribution is 2.21. The van der Waals surface area contributed by atoms with E-state index >= 15 is 0 Å². The molecular weight excluding hydrogens is 410 g/mol. The number of carbonyl (C=O) groups excluding carboxylic acids is 2. The number of halogens is 1. The molecule has 1 aromatic heterocycles. The minimum atomic E-state index is -0.616. The van der Waals surface area contributed by atoms with Crippen molar-refractivity contribution in [3.63, 3.8) is 0 Å². The van der Waals surface area contributed by atoms with E-state index < -0.39 is 12.2 Å². The quantitative estimate of drug-likeness (QED) is 0.380. The molecule has 29 heavy (non-hydrogen) atoms. The van der Waals surface area contributed by atoms with Crippen LogP contribution in [0.15, 0.2) is 36.4 Å². The Morgan fingerprint density at radius 3 is 2.55 bits per heavy atom. The number of thiophene rings is 1. The summed E-state index contributed by atoms with van der Waals surface area (Å²) in [6, 6.07) is 11.2. The zero-order chi connectivity index (χ0) is 21.2. The van der Waals surface area contributed by atoms with Crippen LogP contribution in [0.25, 0.3) is 0 Å². The lowest BCUT2D eigenvalue weighted by Crippen LogP contribution is -2.41. The van der Waals surface area contributed by atoms with Crippen molar-refractivity contribution < 1.29 is 19.1 Å². The first-order valence-electron chi connectivity index (χ1n) is 9.23. The standard InChI is InChI=1S/C22H24ClNO4S/c1-15(22(24-16(2)25)28-17(3)26)6-11-21-13-12-20(29-21)5-4-14-27-19-9-7-18(23)8-10-19/h7-10,12-13,15,22H,6,11,14H2,1-3H3,(H,24,25)/t15-,22?/m1/s1. The zero-order valence-electron chi connectivity index (χ0n) is 16.7. The molecule has 0 aliphatic rings. The molecule has 1 heterocycles. The van der Waals surface area contributed by atoms with Gasteiger partial charge in [0.05, 0.1) is 4.88 Å². The number of benzene rings is 1. The Morgan fingerprint density at radius 2 is 1.90 bits per heavy atom. The Labute approximate surface area is 180 Å². The summed E-state index contributed by atoms with van der Waals surface area (Å²) >= 11 is 7.46. The van der Waals surface area contributed by atoms with Gasteiger partial charge in [-0.3, -0.25) is 9.59 Å². The summed E-state index contributed by atoms with van der Waals surface area (Å²) < 4.78 is 10.8. The van der Waals surface area contributed by atoms with Gasteiger partial charge in [-0.15, -0.1) is 11.3 Å². The summed E-state index contributed by atoms with van der Waals surface area (Å²) in [5.74, 6) is 6.19. The first-order valence-corrected chi connectivity index (χ1v) is 10.4. The highest BCUT2D eigenvalue weighted by molar-refractivity contribution is 7.12. The van der Waals surface area contributed by atoms with Crippen LogP contribution in [0, 0.1) is 17.8 Å². The van der Waals surface area contributed by atoms with E-state index in [2.05, 4.69) is 17.2 Å². The molecule has 2 aromatic rings. The Bertz CT molecular complexity index is 866. The van der Waals surface area contributed by atoms with Crippen LogP contribution < -0.4 is 10.1 Å². The first kappa shape index (κ1) is 22.8. The average Bonchev–Trinajstić information content (AvgIpc) is 3.11. The SMILES string of the molecule is CC(=O)NC(OC(C)=O)[C@H](C)CCc1ccc(C#CCOc2ccc(Cl)cc2)s1. The Morgan fingerprint density at radius 1 is 1.17 bits per heavy atom. The van der Waals surface area contributed by atoms with E-state index in [9.17, 15) is 9.59 Å². The molecule has 1 aromatic carbocycles. The molecule has 0 aliphatic heterocycles. The maximum Gasteiger partial charge on any atom is 0.304 e. The summed E-state index contributed by atoms with van der Waals surface area (Å²) in [7, 11) is 0. The van der Waals surface area contributed by atoms with Gasteiger partial charge in [0.1, 0.15) is 12.4 Å². The molecule has 2 atom stereocenters. The van der Waals surface area contributed by atoms with Crippen LogP contribution in [0.1, 0.15) is 36.9 Å². The smallest absolute Gasteiger partial charge is 0.304 e. The van der Waals surface area contributed by atoms with Crippen LogP contribution in [0.3, 0.4) is 0 Å². The third-order valence-electron chi connectivity index (χ3n) is 4.00. The van der Waals surface area contributed by atoms with Crippen molar-refractivity contribution in [2.45, 2.75) is 39.8 Å². The molecule has 5 nitrogen and oxygen atoms in total. The molecule has 1 unspecified atom stereocenters. The maximum atomic E-state index is 11.3. The largest absolute Gasteiger partial charge is 0.481 e. The zero-order valence-corrected chi connectivity index (χ0v) is 18.2. The van der Waals surface area contributed by atoms with Gasteiger partial charge in [0.15, 0.2) is 6.23 Å². The number of ether oxygens (including phenoxy) is 2. The Hall–Kier alpha value is -2.49. The van der Waals surface area contributed by atoms with Crippen molar-refractivity contribution in [1.82, 2.24) is 5.32 Å². The van der Waals surface area contributed by atoms with Gasteiger partial charge in [-0.1, -0.05) is 30.4 Å². The van der Waals surface area contributed by atoms with Crippen molar-refractivity contribution in [3.8, 4) is 17.6 Å². The highest BCUT2D eigenvalue weighted by Gasteiger charge is 2.21. The number of carbonyl (C=O) groups is 2. The van der Waals surface area contributed by atoms with Gasteiger partial charge in [0.2, 0.25) is 5.91 Å². The lowest BCUT2D eigenvalue weighted by atomic mass is 10.0. The molecule has 0 radical (unpaired) electrons. The number of hydrogen-bond acceptors (Lipinski definition) is 5. The Balaban J connectivity index is 1.82. The summed E-state index contributed by atoms with van der Waals surface area (Å²) in [6.45, 7) is 4.99. The van der Waals surface area contributed by atoms with E-state index in [0.29, 0.717) is 11.6 Å². The molecule has 0 saturated carbocycles. The number of hydrogen-bond donors (Lipinski definition) is 1. The second-order valence-corrected chi connectivity index (χ2v) is 8.16. The fraction of sp³-hybridized carbons (Fsp3) is 0.364. The number of nitrogens with one attached hydrogen (secondary N) is 1. The van der Waals surface area contributed by atoms with E-state index in [4.69, 9.17) is 21.1 Å². The van der Waals surface area contributed by atoms with Crippen molar-refractivity contribution in [2.75, 3.05) is 6.61 Å². The van der Waals surface area contributed by atoms with E-state index in [1.54, 1.807) is 35.6 Å². The van der Waals surface area contributed by atoms with Crippen LogP contribution in [0.4, 0.5) is 0 Å². The summed E-state index contributed by atoms with van der Waals surface area (Å²) in [6.07, 6.45) is 0.964. The third kappa shape index (κ3) is 8.59. The predicted octanol–water partition coefficient (Wildman–Crippen LogP) is 4.43. The fourth-order valence-electron chi connectivity index (χ4n) is 2.54. The molecule has 0 fully saturated rings. The first-order chi connectivity index (χ1) is 13.8. The van der Waals surface area contributed by atoms with Gasteiger partial charge < -0.3 is 14.8 Å².